The first-order valence-corrected chi connectivity index (χ1v) is 11.0. The molecule has 3 aromatic heterocycles. The molecule has 1 N–H and O–H groups in total. The van der Waals surface area contributed by atoms with E-state index < -0.39 is 0 Å². The lowest BCUT2D eigenvalue weighted by atomic mass is 9.87. The molecule has 3 heterocycles. The number of benzene rings is 1. The Morgan fingerprint density at radius 1 is 0.969 bits per heavy atom. The lowest BCUT2D eigenvalue weighted by Crippen LogP contribution is -2.10. The lowest BCUT2D eigenvalue weighted by Gasteiger charge is -2.19. The molecule has 0 atom stereocenters. The zero-order valence-corrected chi connectivity index (χ0v) is 19.4. The molecule has 7 heteroatoms. The number of nitrogens with zero attached hydrogens (tertiary/aromatic N) is 4. The number of nitrogens with one attached hydrogen (secondary N) is 1. The van der Waals surface area contributed by atoms with Crippen LogP contribution in [0.1, 0.15) is 39.1 Å². The molecule has 0 unspecified atom stereocenters. The molecule has 1 aromatic carbocycles. The maximum atomic E-state index is 6.33. The van der Waals surface area contributed by atoms with Crippen LogP contribution < -0.4 is 5.32 Å². The van der Waals surface area contributed by atoms with Gasteiger partial charge in [0.25, 0.3) is 0 Å². The Bertz CT molecular complexity index is 1240. The number of pyridine rings is 2. The van der Waals surface area contributed by atoms with Crippen molar-refractivity contribution < 1.29 is 4.74 Å². The van der Waals surface area contributed by atoms with Crippen molar-refractivity contribution in [2.75, 3.05) is 11.9 Å². The summed E-state index contributed by atoms with van der Waals surface area (Å²) in [4.78, 5) is 18.4. The highest BCUT2D eigenvalue weighted by atomic mass is 35.5. The van der Waals surface area contributed by atoms with E-state index in [4.69, 9.17) is 26.3 Å². The average molecular weight is 448 g/mol. The summed E-state index contributed by atoms with van der Waals surface area (Å²) in [5.41, 5.74) is 4.14. The van der Waals surface area contributed by atoms with Gasteiger partial charge in [-0.25, -0.2) is 15.0 Å². The first kappa shape index (κ1) is 22.1. The zero-order valence-electron chi connectivity index (χ0n) is 18.7. The third-order valence-corrected chi connectivity index (χ3v) is 5.36. The first-order valence-electron chi connectivity index (χ1n) is 10.6. The van der Waals surface area contributed by atoms with Gasteiger partial charge in [0.05, 0.1) is 16.1 Å². The summed E-state index contributed by atoms with van der Waals surface area (Å²) in [5, 5.41) is 4.77. The number of rotatable bonds is 6. The van der Waals surface area contributed by atoms with E-state index in [0.717, 1.165) is 11.1 Å². The summed E-state index contributed by atoms with van der Waals surface area (Å²) in [6, 6.07) is 15.8. The SMILES string of the molecule is CCOCc1nc(Nc2ccc(C(C)(C)C)cc2)c2ccc(-c3ncccc3Cl)nc2n1. The van der Waals surface area contributed by atoms with Crippen LogP contribution in [0.25, 0.3) is 22.4 Å². The van der Waals surface area contributed by atoms with E-state index in [2.05, 4.69) is 60.3 Å². The smallest absolute Gasteiger partial charge is 0.165 e. The van der Waals surface area contributed by atoms with E-state index in [0.29, 0.717) is 46.9 Å². The third-order valence-electron chi connectivity index (χ3n) is 5.06. The van der Waals surface area contributed by atoms with Crippen molar-refractivity contribution in [3.05, 3.63) is 71.1 Å². The quantitative estimate of drug-likeness (QED) is 0.373. The van der Waals surface area contributed by atoms with Gasteiger partial charge in [-0.2, -0.15) is 0 Å². The molecule has 0 aliphatic rings. The largest absolute Gasteiger partial charge is 0.374 e. The number of anilines is 2. The molecule has 32 heavy (non-hydrogen) atoms. The second kappa shape index (κ2) is 9.18. The third kappa shape index (κ3) is 4.87. The number of halogens is 1. The Labute approximate surface area is 193 Å². The Hall–Kier alpha value is -3.09. The Balaban J connectivity index is 1.75. The highest BCUT2D eigenvalue weighted by Crippen LogP contribution is 2.29. The molecule has 4 aromatic rings. The molecule has 0 amide bonds. The molecule has 0 saturated heterocycles. The minimum atomic E-state index is 0.0951. The number of hydrogen-bond donors (Lipinski definition) is 1. The van der Waals surface area contributed by atoms with Gasteiger partial charge in [-0.05, 0) is 54.3 Å². The summed E-state index contributed by atoms with van der Waals surface area (Å²) in [5.74, 6) is 1.24. The van der Waals surface area contributed by atoms with Crippen molar-refractivity contribution in [3.63, 3.8) is 0 Å². The van der Waals surface area contributed by atoms with E-state index in [9.17, 15) is 0 Å². The van der Waals surface area contributed by atoms with Gasteiger partial charge in [-0.15, -0.1) is 0 Å². The predicted molar refractivity (Wildman–Crippen MR) is 129 cm³/mol. The van der Waals surface area contributed by atoms with Gasteiger partial charge in [-0.1, -0.05) is 44.5 Å². The minimum Gasteiger partial charge on any atom is -0.374 e. The van der Waals surface area contributed by atoms with Gasteiger partial charge in [0.2, 0.25) is 0 Å². The van der Waals surface area contributed by atoms with E-state index >= 15 is 0 Å². The summed E-state index contributed by atoms with van der Waals surface area (Å²) < 4.78 is 5.55. The van der Waals surface area contributed by atoms with Crippen LogP contribution in [-0.2, 0) is 16.8 Å². The van der Waals surface area contributed by atoms with Crippen molar-refractivity contribution in [1.82, 2.24) is 19.9 Å². The predicted octanol–water partition coefficient (Wildman–Crippen LogP) is 6.32. The second-order valence-electron chi connectivity index (χ2n) is 8.48. The second-order valence-corrected chi connectivity index (χ2v) is 8.89. The van der Waals surface area contributed by atoms with Gasteiger partial charge < -0.3 is 10.1 Å². The summed E-state index contributed by atoms with van der Waals surface area (Å²) >= 11 is 6.33. The lowest BCUT2D eigenvalue weighted by molar-refractivity contribution is 0.128. The van der Waals surface area contributed by atoms with Gasteiger partial charge in [0.1, 0.15) is 18.1 Å². The number of fused-ring (bicyclic) bond motifs is 1. The van der Waals surface area contributed by atoms with Crippen molar-refractivity contribution in [3.8, 4) is 11.4 Å². The molecule has 0 radical (unpaired) electrons. The van der Waals surface area contributed by atoms with Crippen LogP contribution in [0.3, 0.4) is 0 Å². The topological polar surface area (TPSA) is 72.8 Å². The number of aromatic nitrogens is 4. The molecule has 0 bridgehead atoms. The molecule has 0 aliphatic carbocycles. The Kier molecular flexibility index (Phi) is 6.35. The Morgan fingerprint density at radius 3 is 2.44 bits per heavy atom. The summed E-state index contributed by atoms with van der Waals surface area (Å²) in [6.45, 7) is 9.42. The summed E-state index contributed by atoms with van der Waals surface area (Å²) in [7, 11) is 0. The molecule has 0 aliphatic heterocycles. The van der Waals surface area contributed by atoms with Crippen LogP contribution in [0.2, 0.25) is 5.02 Å². The van der Waals surface area contributed by atoms with Crippen LogP contribution in [0.5, 0.6) is 0 Å². The van der Waals surface area contributed by atoms with E-state index in [-0.39, 0.29) is 5.41 Å². The number of ether oxygens (including phenoxy) is 1. The fourth-order valence-corrected chi connectivity index (χ4v) is 3.52. The van der Waals surface area contributed by atoms with Crippen molar-refractivity contribution in [2.45, 2.75) is 39.7 Å². The van der Waals surface area contributed by atoms with Gasteiger partial charge in [0.15, 0.2) is 11.5 Å². The molecule has 0 saturated carbocycles. The normalized spacial score (nSPS) is 11.7. The highest BCUT2D eigenvalue weighted by Gasteiger charge is 2.15. The first-order chi connectivity index (χ1) is 15.3. The van der Waals surface area contributed by atoms with Crippen molar-refractivity contribution in [1.29, 1.82) is 0 Å². The molecule has 0 spiro atoms. The average Bonchev–Trinajstić information content (AvgIpc) is 2.77. The fourth-order valence-electron chi connectivity index (χ4n) is 3.30. The molecule has 0 fully saturated rings. The maximum Gasteiger partial charge on any atom is 0.165 e. The van der Waals surface area contributed by atoms with Crippen LogP contribution in [0, 0.1) is 0 Å². The van der Waals surface area contributed by atoms with E-state index in [1.54, 1.807) is 18.3 Å². The Morgan fingerprint density at radius 2 is 1.75 bits per heavy atom. The molecule has 4 rings (SSSR count). The standard InChI is InChI=1S/C25H26ClN5O/c1-5-32-15-21-30-23(28-17-10-8-16(9-11-17)25(2,3)4)18-12-13-20(29-24(18)31-21)22-19(26)7-6-14-27-22/h6-14H,5,15H2,1-4H3,(H,28,29,30,31). The van der Waals surface area contributed by atoms with Crippen LogP contribution in [0.4, 0.5) is 11.5 Å². The van der Waals surface area contributed by atoms with Crippen LogP contribution >= 0.6 is 11.6 Å². The van der Waals surface area contributed by atoms with Gasteiger partial charge in [0, 0.05) is 18.5 Å². The molecular formula is C25H26ClN5O. The highest BCUT2D eigenvalue weighted by molar-refractivity contribution is 6.32. The maximum absolute atomic E-state index is 6.33. The van der Waals surface area contributed by atoms with Crippen LogP contribution in [0.15, 0.2) is 54.7 Å². The van der Waals surface area contributed by atoms with Crippen molar-refractivity contribution in [2.24, 2.45) is 0 Å². The monoisotopic (exact) mass is 447 g/mol. The molecule has 164 valence electrons. The fraction of sp³-hybridized carbons (Fsp3) is 0.280. The zero-order chi connectivity index (χ0) is 22.7. The van der Waals surface area contributed by atoms with Gasteiger partial charge in [-0.3, -0.25) is 4.98 Å². The van der Waals surface area contributed by atoms with E-state index in [1.165, 1.54) is 5.56 Å². The molecule has 6 nitrogen and oxygen atoms in total. The van der Waals surface area contributed by atoms with Gasteiger partial charge >= 0.3 is 0 Å². The molecular weight excluding hydrogens is 422 g/mol. The van der Waals surface area contributed by atoms with E-state index in [1.807, 2.05) is 19.1 Å². The summed E-state index contributed by atoms with van der Waals surface area (Å²) in [6.07, 6.45) is 1.70. The van der Waals surface area contributed by atoms with Crippen LogP contribution in [-0.4, -0.2) is 26.5 Å². The number of hydrogen-bond acceptors (Lipinski definition) is 6. The minimum absolute atomic E-state index is 0.0951. The van der Waals surface area contributed by atoms with Crippen molar-refractivity contribution >= 4 is 34.1 Å².